The van der Waals surface area contributed by atoms with Crippen molar-refractivity contribution in [3.8, 4) is 11.4 Å². The summed E-state index contributed by atoms with van der Waals surface area (Å²) in [5.41, 5.74) is 8.63. The number of hydrogen-bond donors (Lipinski definition) is 2. The summed E-state index contributed by atoms with van der Waals surface area (Å²) in [5, 5.41) is 1.45. The first-order chi connectivity index (χ1) is 9.04. The van der Waals surface area contributed by atoms with Gasteiger partial charge in [-0.05, 0) is 30.3 Å². The molecule has 0 unspecified atom stereocenters. The summed E-state index contributed by atoms with van der Waals surface area (Å²) < 4.78 is 0. The van der Waals surface area contributed by atoms with Crippen LogP contribution in [0.5, 0.6) is 0 Å². The smallest absolute Gasteiger partial charge is 0.138 e. The Bertz CT molecular complexity index is 741. The SMILES string of the molecule is Nc1ccc(-c2nc3cc(Cl)c(Cl)cc3[nH]2)cc1Cl. The number of nitrogens with zero attached hydrogens (tertiary/aromatic N) is 1. The maximum atomic E-state index is 6.00. The molecule has 3 aromatic rings. The van der Waals surface area contributed by atoms with E-state index in [1.807, 2.05) is 6.07 Å². The molecule has 3 N–H and O–H groups in total. The number of anilines is 1. The second kappa shape index (κ2) is 4.60. The molecule has 0 saturated carbocycles. The van der Waals surface area contributed by atoms with Crippen LogP contribution in [0, 0.1) is 0 Å². The Labute approximate surface area is 124 Å². The fourth-order valence-electron chi connectivity index (χ4n) is 1.82. The minimum Gasteiger partial charge on any atom is -0.398 e. The van der Waals surface area contributed by atoms with E-state index in [-0.39, 0.29) is 0 Å². The number of fused-ring (bicyclic) bond motifs is 1. The molecule has 1 heterocycles. The van der Waals surface area contributed by atoms with Crippen LogP contribution in [0.3, 0.4) is 0 Å². The second-order valence-corrected chi connectivity index (χ2v) is 5.33. The lowest BCUT2D eigenvalue weighted by atomic mass is 10.2. The van der Waals surface area contributed by atoms with E-state index in [9.17, 15) is 0 Å². The number of benzene rings is 2. The van der Waals surface area contributed by atoms with Gasteiger partial charge in [0.1, 0.15) is 5.82 Å². The number of imidazole rings is 1. The molecule has 0 amide bonds. The van der Waals surface area contributed by atoms with Crippen LogP contribution >= 0.6 is 34.8 Å². The number of H-pyrrole nitrogens is 1. The van der Waals surface area contributed by atoms with Crippen LogP contribution < -0.4 is 5.73 Å². The minimum atomic E-state index is 0.475. The van der Waals surface area contributed by atoms with E-state index in [2.05, 4.69) is 9.97 Å². The lowest BCUT2D eigenvalue weighted by molar-refractivity contribution is 1.34. The van der Waals surface area contributed by atoms with E-state index < -0.39 is 0 Å². The van der Waals surface area contributed by atoms with Crippen LogP contribution in [0.2, 0.25) is 15.1 Å². The number of nitrogen functional groups attached to an aromatic ring is 1. The lowest BCUT2D eigenvalue weighted by Crippen LogP contribution is -1.87. The number of hydrogen-bond acceptors (Lipinski definition) is 2. The van der Waals surface area contributed by atoms with Crippen LogP contribution in [-0.4, -0.2) is 9.97 Å². The van der Waals surface area contributed by atoms with Crippen molar-refractivity contribution in [2.45, 2.75) is 0 Å². The summed E-state index contributed by atoms with van der Waals surface area (Å²) in [6, 6.07) is 8.82. The van der Waals surface area contributed by atoms with E-state index in [1.54, 1.807) is 24.3 Å². The number of halogens is 3. The molecular weight excluding hydrogens is 305 g/mol. The average Bonchev–Trinajstić information content (AvgIpc) is 2.76. The quantitative estimate of drug-likeness (QED) is 0.636. The van der Waals surface area contributed by atoms with Crippen molar-refractivity contribution < 1.29 is 0 Å². The van der Waals surface area contributed by atoms with Crippen molar-refractivity contribution in [1.82, 2.24) is 9.97 Å². The van der Waals surface area contributed by atoms with Gasteiger partial charge in [-0.2, -0.15) is 0 Å². The molecule has 0 fully saturated rings. The molecule has 0 aliphatic rings. The van der Waals surface area contributed by atoms with Crippen LogP contribution in [0.15, 0.2) is 30.3 Å². The van der Waals surface area contributed by atoms with E-state index in [0.29, 0.717) is 26.6 Å². The van der Waals surface area contributed by atoms with Crippen molar-refractivity contribution in [1.29, 1.82) is 0 Å². The zero-order chi connectivity index (χ0) is 13.6. The first kappa shape index (κ1) is 12.6. The Morgan fingerprint density at radius 3 is 2.42 bits per heavy atom. The molecule has 19 heavy (non-hydrogen) atoms. The summed E-state index contributed by atoms with van der Waals surface area (Å²) >= 11 is 17.9. The first-order valence-electron chi connectivity index (χ1n) is 5.45. The summed E-state index contributed by atoms with van der Waals surface area (Å²) in [4.78, 5) is 7.63. The zero-order valence-electron chi connectivity index (χ0n) is 9.55. The molecule has 0 aliphatic heterocycles. The molecule has 0 spiro atoms. The van der Waals surface area contributed by atoms with Gasteiger partial charge in [-0.15, -0.1) is 0 Å². The predicted molar refractivity (Wildman–Crippen MR) is 81.0 cm³/mol. The normalized spacial score (nSPS) is 11.1. The highest BCUT2D eigenvalue weighted by Gasteiger charge is 2.09. The molecule has 0 aliphatic carbocycles. The van der Waals surface area contributed by atoms with Gasteiger partial charge in [-0.25, -0.2) is 4.98 Å². The number of rotatable bonds is 1. The van der Waals surface area contributed by atoms with E-state index >= 15 is 0 Å². The Morgan fingerprint density at radius 2 is 1.68 bits per heavy atom. The minimum absolute atomic E-state index is 0.475. The number of aromatic nitrogens is 2. The van der Waals surface area contributed by atoms with Gasteiger partial charge in [-0.1, -0.05) is 34.8 Å². The molecule has 0 atom stereocenters. The fourth-order valence-corrected chi connectivity index (χ4v) is 2.32. The summed E-state index contributed by atoms with van der Waals surface area (Å²) in [5.74, 6) is 0.690. The maximum absolute atomic E-state index is 6.00. The third-order valence-corrected chi connectivity index (χ3v) is 3.85. The van der Waals surface area contributed by atoms with Crippen molar-refractivity contribution in [2.24, 2.45) is 0 Å². The molecule has 0 radical (unpaired) electrons. The van der Waals surface area contributed by atoms with Gasteiger partial charge in [0.05, 0.1) is 31.8 Å². The van der Waals surface area contributed by atoms with Gasteiger partial charge >= 0.3 is 0 Å². The zero-order valence-corrected chi connectivity index (χ0v) is 11.8. The third kappa shape index (κ3) is 2.25. The topological polar surface area (TPSA) is 54.7 Å². The largest absolute Gasteiger partial charge is 0.398 e. The van der Waals surface area contributed by atoms with Crippen LogP contribution in [0.25, 0.3) is 22.4 Å². The van der Waals surface area contributed by atoms with E-state index in [1.165, 1.54) is 0 Å². The standard InChI is InChI=1S/C13H8Cl3N3/c14-7-4-11-12(5-8(7)15)19-13(18-11)6-1-2-10(17)9(16)3-6/h1-5H,17H2,(H,18,19). The molecule has 0 bridgehead atoms. The van der Waals surface area contributed by atoms with Crippen molar-refractivity contribution >= 4 is 51.5 Å². The summed E-state index contributed by atoms with van der Waals surface area (Å²) in [6.45, 7) is 0. The highest BCUT2D eigenvalue weighted by molar-refractivity contribution is 6.42. The van der Waals surface area contributed by atoms with Gasteiger partial charge in [0.2, 0.25) is 0 Å². The maximum Gasteiger partial charge on any atom is 0.138 e. The van der Waals surface area contributed by atoms with Gasteiger partial charge in [0, 0.05) is 5.56 Å². The first-order valence-corrected chi connectivity index (χ1v) is 6.58. The number of nitrogens with one attached hydrogen (secondary N) is 1. The predicted octanol–water partition coefficient (Wildman–Crippen LogP) is 4.77. The van der Waals surface area contributed by atoms with Crippen LogP contribution in [0.4, 0.5) is 5.69 Å². The molecule has 0 saturated heterocycles. The Morgan fingerprint density at radius 1 is 0.947 bits per heavy atom. The molecule has 3 nitrogen and oxygen atoms in total. The molecule has 6 heteroatoms. The second-order valence-electron chi connectivity index (χ2n) is 4.11. The third-order valence-electron chi connectivity index (χ3n) is 2.80. The fraction of sp³-hybridized carbons (Fsp3) is 0. The van der Waals surface area contributed by atoms with Gasteiger partial charge < -0.3 is 10.7 Å². The summed E-state index contributed by atoms with van der Waals surface area (Å²) in [7, 11) is 0. The lowest BCUT2D eigenvalue weighted by Gasteiger charge is -2.00. The number of nitrogens with two attached hydrogens (primary N) is 1. The van der Waals surface area contributed by atoms with Crippen molar-refractivity contribution in [3.63, 3.8) is 0 Å². The molecule has 2 aromatic carbocycles. The van der Waals surface area contributed by atoms with E-state index in [4.69, 9.17) is 40.5 Å². The van der Waals surface area contributed by atoms with Crippen LogP contribution in [0.1, 0.15) is 0 Å². The average molecular weight is 313 g/mol. The molecular formula is C13H8Cl3N3. The van der Waals surface area contributed by atoms with Crippen molar-refractivity contribution in [3.05, 3.63) is 45.4 Å². The Balaban J connectivity index is 2.17. The highest BCUT2D eigenvalue weighted by Crippen LogP contribution is 2.30. The molecule has 3 rings (SSSR count). The number of aromatic amines is 1. The van der Waals surface area contributed by atoms with Gasteiger partial charge in [0.15, 0.2) is 0 Å². The van der Waals surface area contributed by atoms with Gasteiger partial charge in [0.25, 0.3) is 0 Å². The molecule has 96 valence electrons. The highest BCUT2D eigenvalue weighted by atomic mass is 35.5. The van der Waals surface area contributed by atoms with Gasteiger partial charge in [-0.3, -0.25) is 0 Å². The monoisotopic (exact) mass is 311 g/mol. The summed E-state index contributed by atoms with van der Waals surface area (Å²) in [6.07, 6.45) is 0. The van der Waals surface area contributed by atoms with Crippen molar-refractivity contribution in [2.75, 3.05) is 5.73 Å². The Kier molecular flexibility index (Phi) is 3.05. The Hall–Kier alpha value is -1.42. The molecule has 1 aromatic heterocycles. The van der Waals surface area contributed by atoms with Crippen LogP contribution in [-0.2, 0) is 0 Å². The van der Waals surface area contributed by atoms with E-state index in [0.717, 1.165) is 16.6 Å².